The van der Waals surface area contributed by atoms with Crippen molar-refractivity contribution in [1.82, 2.24) is 4.98 Å². The quantitative estimate of drug-likeness (QED) is 0.383. The van der Waals surface area contributed by atoms with Crippen molar-refractivity contribution in [1.29, 1.82) is 5.26 Å². The third kappa shape index (κ3) is 5.39. The molecule has 0 spiro atoms. The van der Waals surface area contributed by atoms with E-state index in [9.17, 15) is 13.2 Å². The lowest BCUT2D eigenvalue weighted by atomic mass is 10.2. The van der Waals surface area contributed by atoms with Crippen molar-refractivity contribution in [2.24, 2.45) is 0 Å². The first-order valence-corrected chi connectivity index (χ1v) is 8.90. The van der Waals surface area contributed by atoms with Gasteiger partial charge in [0.15, 0.2) is 0 Å². The molecule has 2 aromatic rings. The summed E-state index contributed by atoms with van der Waals surface area (Å²) in [6.07, 6.45) is 2.71. The summed E-state index contributed by atoms with van der Waals surface area (Å²) >= 11 is 3.27. The number of anilines is 2. The molecule has 3 N–H and O–H groups in total. The molecule has 1 heterocycles. The largest absolute Gasteiger partial charge is 0.345 e. The number of pyridine rings is 1. The number of nitrogens with zero attached hydrogens (tertiary/aromatic N) is 2. The van der Waals surface area contributed by atoms with Gasteiger partial charge in [-0.3, -0.25) is 9.35 Å². The van der Waals surface area contributed by atoms with E-state index in [1.165, 1.54) is 30.6 Å². The molecule has 128 valence electrons. The van der Waals surface area contributed by atoms with Crippen LogP contribution in [-0.4, -0.2) is 23.9 Å². The van der Waals surface area contributed by atoms with Crippen LogP contribution in [0.5, 0.6) is 0 Å². The molecular weight excluding hydrogens is 412 g/mol. The Bertz CT molecular complexity index is 983. The molecule has 0 fully saturated rings. The van der Waals surface area contributed by atoms with Crippen LogP contribution in [0.3, 0.4) is 0 Å². The van der Waals surface area contributed by atoms with Crippen LogP contribution in [0.1, 0.15) is 0 Å². The molecule has 2 rings (SSSR count). The van der Waals surface area contributed by atoms with E-state index in [4.69, 9.17) is 9.81 Å². The highest BCUT2D eigenvalue weighted by molar-refractivity contribution is 9.10. The fourth-order valence-corrected chi connectivity index (χ4v) is 2.57. The summed E-state index contributed by atoms with van der Waals surface area (Å²) < 4.78 is 32.0. The molecule has 1 aromatic carbocycles. The van der Waals surface area contributed by atoms with Crippen molar-refractivity contribution in [3.63, 3.8) is 0 Å². The van der Waals surface area contributed by atoms with Gasteiger partial charge in [0.25, 0.3) is 16.0 Å². The first kappa shape index (κ1) is 18.6. The molecule has 0 aliphatic rings. The van der Waals surface area contributed by atoms with Gasteiger partial charge in [0, 0.05) is 22.6 Å². The first-order chi connectivity index (χ1) is 11.8. The Morgan fingerprint density at radius 2 is 2.08 bits per heavy atom. The average Bonchev–Trinajstić information content (AvgIpc) is 2.55. The third-order valence-corrected chi connectivity index (χ3v) is 4.18. The second-order valence-corrected chi connectivity index (χ2v) is 6.97. The standard InChI is InChI=1S/C15H11BrN4O4S/c16-11-4-5-18-14(6-11)19-9-10(8-17)15(21)20-12-2-1-3-13(7-12)25(22,23)24/h1-7,9H,(H,18,19)(H,20,21)(H,22,23,24)/b10-9-. The zero-order valence-corrected chi connectivity index (χ0v) is 14.9. The molecule has 0 unspecified atom stereocenters. The molecule has 8 nitrogen and oxygen atoms in total. The maximum absolute atomic E-state index is 12.1. The number of hydrogen-bond acceptors (Lipinski definition) is 6. The van der Waals surface area contributed by atoms with Gasteiger partial charge in [0.1, 0.15) is 17.5 Å². The Morgan fingerprint density at radius 3 is 2.72 bits per heavy atom. The number of nitriles is 1. The van der Waals surface area contributed by atoms with E-state index < -0.39 is 16.0 Å². The second kappa shape index (κ2) is 7.89. The fourth-order valence-electron chi connectivity index (χ4n) is 1.71. The average molecular weight is 423 g/mol. The van der Waals surface area contributed by atoms with Crippen molar-refractivity contribution in [2.45, 2.75) is 4.90 Å². The Kier molecular flexibility index (Phi) is 5.87. The van der Waals surface area contributed by atoms with Gasteiger partial charge in [-0.05, 0) is 30.3 Å². The molecular formula is C15H11BrN4O4S. The van der Waals surface area contributed by atoms with Crippen molar-refractivity contribution in [3.8, 4) is 6.07 Å². The van der Waals surface area contributed by atoms with Gasteiger partial charge in [-0.25, -0.2) is 4.98 Å². The summed E-state index contributed by atoms with van der Waals surface area (Å²) in [6.45, 7) is 0. The summed E-state index contributed by atoms with van der Waals surface area (Å²) in [6, 6.07) is 10.1. The number of nitrogens with one attached hydrogen (secondary N) is 2. The highest BCUT2D eigenvalue weighted by Gasteiger charge is 2.13. The molecule has 1 amide bonds. The van der Waals surface area contributed by atoms with Crippen LogP contribution in [0.4, 0.5) is 11.5 Å². The molecule has 0 aliphatic carbocycles. The van der Waals surface area contributed by atoms with Gasteiger partial charge in [-0.2, -0.15) is 13.7 Å². The summed E-state index contributed by atoms with van der Waals surface area (Å²) in [5, 5.41) is 14.2. The molecule has 0 saturated heterocycles. The Morgan fingerprint density at radius 1 is 1.32 bits per heavy atom. The van der Waals surface area contributed by atoms with Crippen LogP contribution in [-0.2, 0) is 14.9 Å². The molecule has 0 saturated carbocycles. The molecule has 0 aliphatic heterocycles. The maximum Gasteiger partial charge on any atom is 0.294 e. The molecule has 1 aromatic heterocycles. The lowest BCUT2D eigenvalue weighted by Gasteiger charge is -2.06. The predicted molar refractivity (Wildman–Crippen MR) is 94.1 cm³/mol. The van der Waals surface area contributed by atoms with Gasteiger partial charge >= 0.3 is 0 Å². The number of carbonyl (C=O) groups excluding carboxylic acids is 1. The number of hydrogen-bond donors (Lipinski definition) is 3. The molecule has 0 bridgehead atoms. The van der Waals surface area contributed by atoms with Gasteiger partial charge < -0.3 is 10.6 Å². The van der Waals surface area contributed by atoms with Crippen LogP contribution in [0, 0.1) is 11.3 Å². The van der Waals surface area contributed by atoms with Gasteiger partial charge in [-0.15, -0.1) is 0 Å². The Balaban J connectivity index is 2.15. The van der Waals surface area contributed by atoms with Crippen LogP contribution < -0.4 is 10.6 Å². The lowest BCUT2D eigenvalue weighted by molar-refractivity contribution is -0.112. The zero-order valence-electron chi connectivity index (χ0n) is 12.5. The molecule has 0 atom stereocenters. The van der Waals surface area contributed by atoms with E-state index in [0.717, 1.165) is 10.5 Å². The van der Waals surface area contributed by atoms with E-state index in [1.54, 1.807) is 18.2 Å². The normalized spacial score (nSPS) is 11.5. The summed E-state index contributed by atoms with van der Waals surface area (Å²) in [5.74, 6) is -0.333. The number of benzene rings is 1. The Labute approximate surface area is 152 Å². The van der Waals surface area contributed by atoms with Crippen LogP contribution in [0.25, 0.3) is 0 Å². The molecule has 10 heteroatoms. The lowest BCUT2D eigenvalue weighted by Crippen LogP contribution is -2.15. The minimum atomic E-state index is -4.39. The van der Waals surface area contributed by atoms with Gasteiger partial charge in [0.2, 0.25) is 0 Å². The number of amides is 1. The number of carbonyl (C=O) groups is 1. The number of aromatic nitrogens is 1. The van der Waals surface area contributed by atoms with Crippen molar-refractivity contribution < 1.29 is 17.8 Å². The van der Waals surface area contributed by atoms with Gasteiger partial charge in [0.05, 0.1) is 4.90 Å². The number of halogens is 1. The fraction of sp³-hybridized carbons (Fsp3) is 0. The van der Waals surface area contributed by atoms with E-state index in [-0.39, 0.29) is 16.2 Å². The van der Waals surface area contributed by atoms with Crippen molar-refractivity contribution in [3.05, 3.63) is 58.8 Å². The highest BCUT2D eigenvalue weighted by atomic mass is 79.9. The van der Waals surface area contributed by atoms with Crippen LogP contribution >= 0.6 is 15.9 Å². The summed E-state index contributed by atoms with van der Waals surface area (Å²) in [5.41, 5.74) is -0.138. The molecule has 0 radical (unpaired) electrons. The van der Waals surface area contributed by atoms with Crippen molar-refractivity contribution >= 4 is 43.5 Å². The van der Waals surface area contributed by atoms with Crippen LogP contribution in [0.2, 0.25) is 0 Å². The SMILES string of the molecule is N#C/C(=C/Nc1cc(Br)ccn1)C(=O)Nc1cccc(S(=O)(=O)O)c1. The van der Waals surface area contributed by atoms with Crippen molar-refractivity contribution in [2.75, 3.05) is 10.6 Å². The monoisotopic (exact) mass is 422 g/mol. The Hall–Kier alpha value is -2.74. The zero-order chi connectivity index (χ0) is 18.4. The van der Waals surface area contributed by atoms with E-state index in [1.807, 2.05) is 0 Å². The third-order valence-electron chi connectivity index (χ3n) is 2.84. The topological polar surface area (TPSA) is 132 Å². The summed E-state index contributed by atoms with van der Waals surface area (Å²) in [7, 11) is -4.39. The highest BCUT2D eigenvalue weighted by Crippen LogP contribution is 2.16. The minimum Gasteiger partial charge on any atom is -0.345 e. The predicted octanol–water partition coefficient (Wildman–Crippen LogP) is 2.55. The molecule has 25 heavy (non-hydrogen) atoms. The van der Waals surface area contributed by atoms with Crippen LogP contribution in [0.15, 0.2) is 63.7 Å². The maximum atomic E-state index is 12.1. The van der Waals surface area contributed by atoms with E-state index in [0.29, 0.717) is 5.82 Å². The first-order valence-electron chi connectivity index (χ1n) is 6.67. The smallest absolute Gasteiger partial charge is 0.294 e. The van der Waals surface area contributed by atoms with E-state index in [2.05, 4.69) is 31.5 Å². The van der Waals surface area contributed by atoms with Gasteiger partial charge in [-0.1, -0.05) is 22.0 Å². The summed E-state index contributed by atoms with van der Waals surface area (Å²) in [4.78, 5) is 15.7. The van der Waals surface area contributed by atoms with E-state index >= 15 is 0 Å². The second-order valence-electron chi connectivity index (χ2n) is 4.63. The minimum absolute atomic E-state index is 0.113. The number of rotatable bonds is 5.